The molecule has 0 spiro atoms. The summed E-state index contributed by atoms with van der Waals surface area (Å²) in [6.07, 6.45) is 0.987. The summed E-state index contributed by atoms with van der Waals surface area (Å²) in [6.45, 7) is 4.71. The Morgan fingerprint density at radius 3 is 2.86 bits per heavy atom. The topological polar surface area (TPSA) is 58.6 Å². The fourth-order valence-corrected chi connectivity index (χ4v) is 3.36. The van der Waals surface area contributed by atoms with Gasteiger partial charge < -0.3 is 10.1 Å². The van der Waals surface area contributed by atoms with Gasteiger partial charge in [0.05, 0.1) is 12.3 Å². The Kier molecular flexibility index (Phi) is 5.50. The molecule has 2 rings (SSSR count). The van der Waals surface area contributed by atoms with Crippen molar-refractivity contribution < 1.29 is 14.3 Å². The van der Waals surface area contributed by atoms with Gasteiger partial charge in [-0.25, -0.2) is 4.79 Å². The maximum atomic E-state index is 12.3. The van der Waals surface area contributed by atoms with Crippen molar-refractivity contribution in [2.24, 2.45) is 0 Å². The molecule has 0 saturated heterocycles. The van der Waals surface area contributed by atoms with Crippen molar-refractivity contribution in [3.63, 3.8) is 0 Å². The molecule has 0 unspecified atom stereocenters. The maximum absolute atomic E-state index is 12.3. The number of fused-ring (bicyclic) bond motifs is 1. The van der Waals surface area contributed by atoms with E-state index in [4.69, 9.17) is 4.74 Å². The molecule has 5 nitrogen and oxygen atoms in total. The van der Waals surface area contributed by atoms with Crippen molar-refractivity contribution >= 4 is 29.4 Å². The van der Waals surface area contributed by atoms with Crippen molar-refractivity contribution in [2.45, 2.75) is 30.4 Å². The second kappa shape index (κ2) is 7.36. The molecule has 1 heterocycles. The molecule has 1 aliphatic heterocycles. The monoisotopic (exact) mass is 308 g/mol. The van der Waals surface area contributed by atoms with Gasteiger partial charge in [-0.05, 0) is 25.5 Å². The fourth-order valence-electron chi connectivity index (χ4n) is 2.16. The SMILES string of the molecule is CCOC(=O)CNC(=O)N1C[C@@H](CC)Sc2ccccc21. The molecule has 2 amide bonds. The Labute approximate surface area is 129 Å². The van der Waals surface area contributed by atoms with Gasteiger partial charge in [-0.2, -0.15) is 0 Å². The lowest BCUT2D eigenvalue weighted by Gasteiger charge is -2.33. The summed E-state index contributed by atoms with van der Waals surface area (Å²) in [7, 11) is 0. The Morgan fingerprint density at radius 2 is 2.14 bits per heavy atom. The van der Waals surface area contributed by atoms with Crippen LogP contribution in [0.3, 0.4) is 0 Å². The third kappa shape index (κ3) is 3.91. The standard InChI is InChI=1S/C15H20N2O3S/c1-3-11-10-17(12-7-5-6-8-13(12)21-11)15(19)16-9-14(18)20-4-2/h5-8,11H,3-4,9-10H2,1-2H3,(H,16,19)/t11-/m1/s1. The van der Waals surface area contributed by atoms with Gasteiger partial charge in [0.25, 0.3) is 0 Å². The first-order valence-corrected chi connectivity index (χ1v) is 8.00. The molecular weight excluding hydrogens is 288 g/mol. The van der Waals surface area contributed by atoms with Gasteiger partial charge in [0.1, 0.15) is 6.54 Å². The van der Waals surface area contributed by atoms with Gasteiger partial charge in [0.15, 0.2) is 0 Å². The van der Waals surface area contributed by atoms with Crippen molar-refractivity contribution in [1.82, 2.24) is 5.32 Å². The van der Waals surface area contributed by atoms with Crippen LogP contribution in [0.5, 0.6) is 0 Å². The molecule has 0 fully saturated rings. The lowest BCUT2D eigenvalue weighted by molar-refractivity contribution is -0.141. The molecule has 0 aliphatic carbocycles. The third-order valence-corrected chi connectivity index (χ3v) is 4.64. The van der Waals surface area contributed by atoms with E-state index in [9.17, 15) is 9.59 Å². The lowest BCUT2D eigenvalue weighted by Crippen LogP contribution is -2.46. The number of thioether (sulfide) groups is 1. The average molecular weight is 308 g/mol. The highest BCUT2D eigenvalue weighted by Gasteiger charge is 2.28. The summed E-state index contributed by atoms with van der Waals surface area (Å²) in [4.78, 5) is 26.5. The van der Waals surface area contributed by atoms with Crippen LogP contribution in [0.2, 0.25) is 0 Å². The second-order valence-corrected chi connectivity index (χ2v) is 6.03. The second-order valence-electron chi connectivity index (χ2n) is 4.69. The number of benzene rings is 1. The number of carbonyl (C=O) groups is 2. The number of amides is 2. The lowest BCUT2D eigenvalue weighted by atomic mass is 10.2. The predicted molar refractivity (Wildman–Crippen MR) is 83.8 cm³/mol. The van der Waals surface area contributed by atoms with E-state index in [2.05, 4.69) is 12.2 Å². The van der Waals surface area contributed by atoms with Crippen LogP contribution < -0.4 is 10.2 Å². The molecule has 1 N–H and O–H groups in total. The van der Waals surface area contributed by atoms with Crippen LogP contribution in [-0.2, 0) is 9.53 Å². The van der Waals surface area contributed by atoms with Crippen molar-refractivity contribution in [3.8, 4) is 0 Å². The van der Waals surface area contributed by atoms with Crippen LogP contribution in [0.4, 0.5) is 10.5 Å². The van der Waals surface area contributed by atoms with E-state index in [1.165, 1.54) is 0 Å². The summed E-state index contributed by atoms with van der Waals surface area (Å²) in [6, 6.07) is 7.58. The van der Waals surface area contributed by atoms with E-state index in [-0.39, 0.29) is 12.6 Å². The predicted octanol–water partition coefficient (Wildman–Crippen LogP) is 2.65. The maximum Gasteiger partial charge on any atom is 0.325 e. The van der Waals surface area contributed by atoms with E-state index in [0.717, 1.165) is 17.0 Å². The zero-order valence-corrected chi connectivity index (χ0v) is 13.1. The smallest absolute Gasteiger partial charge is 0.325 e. The molecule has 1 atom stereocenters. The number of rotatable bonds is 4. The zero-order valence-electron chi connectivity index (χ0n) is 12.3. The van der Waals surface area contributed by atoms with Crippen molar-refractivity contribution in [1.29, 1.82) is 0 Å². The third-order valence-electron chi connectivity index (χ3n) is 3.23. The van der Waals surface area contributed by atoms with Gasteiger partial charge in [-0.15, -0.1) is 11.8 Å². The highest BCUT2D eigenvalue weighted by atomic mass is 32.2. The molecule has 0 aromatic heterocycles. The minimum atomic E-state index is -0.419. The number of esters is 1. The highest BCUT2D eigenvalue weighted by Crippen LogP contribution is 2.39. The van der Waals surface area contributed by atoms with E-state index in [1.807, 2.05) is 24.3 Å². The number of hydrogen-bond donors (Lipinski definition) is 1. The average Bonchev–Trinajstić information content (AvgIpc) is 2.51. The molecule has 0 radical (unpaired) electrons. The van der Waals surface area contributed by atoms with Crippen LogP contribution in [0.1, 0.15) is 20.3 Å². The first-order valence-electron chi connectivity index (χ1n) is 7.12. The normalized spacial score (nSPS) is 17.0. The summed E-state index contributed by atoms with van der Waals surface area (Å²) in [5, 5.41) is 2.99. The number of nitrogens with zero attached hydrogens (tertiary/aromatic N) is 1. The van der Waals surface area contributed by atoms with Crippen LogP contribution in [0.15, 0.2) is 29.2 Å². The molecule has 0 bridgehead atoms. The fraction of sp³-hybridized carbons (Fsp3) is 0.467. The Balaban J connectivity index is 2.07. The van der Waals surface area contributed by atoms with Crippen LogP contribution in [-0.4, -0.2) is 36.9 Å². The van der Waals surface area contributed by atoms with Crippen molar-refractivity contribution in [2.75, 3.05) is 24.6 Å². The molecule has 1 aliphatic rings. The highest BCUT2D eigenvalue weighted by molar-refractivity contribution is 8.00. The van der Waals surface area contributed by atoms with E-state index < -0.39 is 5.97 Å². The largest absolute Gasteiger partial charge is 0.465 e. The molecule has 1 aromatic rings. The van der Waals surface area contributed by atoms with Gasteiger partial charge >= 0.3 is 12.0 Å². The number of para-hydroxylation sites is 1. The van der Waals surface area contributed by atoms with Gasteiger partial charge in [-0.1, -0.05) is 19.1 Å². The number of hydrogen-bond acceptors (Lipinski definition) is 4. The Morgan fingerprint density at radius 1 is 1.38 bits per heavy atom. The zero-order chi connectivity index (χ0) is 15.2. The Hall–Kier alpha value is -1.69. The van der Waals surface area contributed by atoms with Gasteiger partial charge in [-0.3, -0.25) is 9.69 Å². The molecule has 21 heavy (non-hydrogen) atoms. The summed E-state index contributed by atoms with van der Waals surface area (Å²) < 4.78 is 4.82. The number of urea groups is 1. The molecule has 114 valence electrons. The summed E-state index contributed by atoms with van der Waals surface area (Å²) in [5.74, 6) is -0.419. The van der Waals surface area contributed by atoms with E-state index in [0.29, 0.717) is 18.4 Å². The summed E-state index contributed by atoms with van der Waals surface area (Å²) >= 11 is 1.80. The quantitative estimate of drug-likeness (QED) is 0.869. The minimum Gasteiger partial charge on any atom is -0.465 e. The van der Waals surface area contributed by atoms with Crippen LogP contribution >= 0.6 is 11.8 Å². The molecule has 6 heteroatoms. The molecule has 0 saturated carbocycles. The summed E-state index contributed by atoms with van der Waals surface area (Å²) in [5.41, 5.74) is 0.897. The molecule has 1 aromatic carbocycles. The number of carbonyl (C=O) groups excluding carboxylic acids is 2. The molecular formula is C15H20N2O3S. The Bertz CT molecular complexity index is 521. The number of anilines is 1. The van der Waals surface area contributed by atoms with Crippen LogP contribution in [0.25, 0.3) is 0 Å². The first kappa shape index (κ1) is 15.7. The first-order chi connectivity index (χ1) is 10.2. The van der Waals surface area contributed by atoms with E-state index >= 15 is 0 Å². The van der Waals surface area contributed by atoms with Crippen LogP contribution in [0, 0.1) is 0 Å². The van der Waals surface area contributed by atoms with Gasteiger partial charge in [0.2, 0.25) is 0 Å². The number of ether oxygens (including phenoxy) is 1. The van der Waals surface area contributed by atoms with E-state index in [1.54, 1.807) is 23.6 Å². The van der Waals surface area contributed by atoms with Gasteiger partial charge in [0, 0.05) is 16.7 Å². The number of nitrogens with one attached hydrogen (secondary N) is 1. The minimum absolute atomic E-state index is 0.102. The van der Waals surface area contributed by atoms with Crippen molar-refractivity contribution in [3.05, 3.63) is 24.3 Å².